The molecule has 4 nitrogen and oxygen atoms in total. The first-order valence-electron chi connectivity index (χ1n) is 7.91. The maximum atomic E-state index is 14.8. The van der Waals surface area contributed by atoms with E-state index >= 15 is 0 Å². The number of nitrogens with zero attached hydrogens (tertiary/aromatic N) is 2. The van der Waals surface area contributed by atoms with Crippen molar-refractivity contribution < 1.29 is 13.7 Å². The molecule has 0 bridgehead atoms. The normalized spacial score (nSPS) is 20.4. The molecule has 1 saturated heterocycles. The molecule has 0 atom stereocenters. The molecule has 1 aromatic heterocycles. The summed E-state index contributed by atoms with van der Waals surface area (Å²) in [6.07, 6.45) is 5.57. The van der Waals surface area contributed by atoms with Gasteiger partial charge in [-0.1, -0.05) is 11.6 Å². The van der Waals surface area contributed by atoms with Gasteiger partial charge in [0.25, 0.3) is 0 Å². The quantitative estimate of drug-likeness (QED) is 0.617. The topological polar surface area (TPSA) is 36.3 Å². The fourth-order valence-electron chi connectivity index (χ4n) is 2.19. The molecule has 1 aromatic rings. The third-order valence-electron chi connectivity index (χ3n) is 4.57. The van der Waals surface area contributed by atoms with Crippen LogP contribution in [-0.4, -0.2) is 28.1 Å². The van der Waals surface area contributed by atoms with E-state index in [0.717, 1.165) is 5.56 Å². The van der Waals surface area contributed by atoms with Crippen LogP contribution in [0.15, 0.2) is 29.8 Å². The van der Waals surface area contributed by atoms with Crippen LogP contribution in [0, 0.1) is 0 Å². The smallest absolute Gasteiger partial charge is 0.398 e. The molecule has 2 rings (SSSR count). The highest BCUT2D eigenvalue weighted by Gasteiger charge is 2.53. The fraction of sp³-hybridized carbons (Fsp3) is 0.588. The molecule has 0 aromatic carbocycles. The van der Waals surface area contributed by atoms with Gasteiger partial charge >= 0.3 is 7.12 Å². The second-order valence-corrected chi connectivity index (χ2v) is 7.29. The number of rotatable bonds is 4. The van der Waals surface area contributed by atoms with Gasteiger partial charge in [0.2, 0.25) is 0 Å². The third kappa shape index (κ3) is 3.75. The van der Waals surface area contributed by atoms with Crippen molar-refractivity contribution in [3.05, 3.63) is 35.3 Å². The van der Waals surface area contributed by atoms with Gasteiger partial charge in [0.1, 0.15) is 5.73 Å². The lowest BCUT2D eigenvalue weighted by Gasteiger charge is -2.32. The van der Waals surface area contributed by atoms with E-state index in [1.54, 1.807) is 17.8 Å². The molecule has 0 aliphatic carbocycles. The van der Waals surface area contributed by atoms with Crippen LogP contribution < -0.4 is 0 Å². The summed E-state index contributed by atoms with van der Waals surface area (Å²) in [6, 6.07) is 0. The molecule has 1 aliphatic rings. The van der Waals surface area contributed by atoms with Crippen LogP contribution in [0.4, 0.5) is 4.39 Å². The van der Waals surface area contributed by atoms with Gasteiger partial charge in [-0.25, -0.2) is 4.39 Å². The summed E-state index contributed by atoms with van der Waals surface area (Å²) in [6.45, 7) is 14.1. The van der Waals surface area contributed by atoms with Crippen molar-refractivity contribution in [2.75, 3.05) is 0 Å². The summed E-state index contributed by atoms with van der Waals surface area (Å²) in [7, 11) is -0.971. The molecule has 0 saturated carbocycles. The second-order valence-electron chi connectivity index (χ2n) is 7.29. The lowest BCUT2D eigenvalue weighted by molar-refractivity contribution is 0.00578. The molecule has 0 unspecified atom stereocenters. The highest BCUT2D eigenvalue weighted by atomic mass is 19.1. The van der Waals surface area contributed by atoms with Gasteiger partial charge in [-0.2, -0.15) is 5.10 Å². The van der Waals surface area contributed by atoms with Gasteiger partial charge in [0.15, 0.2) is 0 Å². The Kier molecular flexibility index (Phi) is 4.88. The van der Waals surface area contributed by atoms with Crippen LogP contribution in [0.25, 0.3) is 5.57 Å². The van der Waals surface area contributed by atoms with Crippen LogP contribution in [0.5, 0.6) is 0 Å². The average Bonchev–Trinajstić information content (AvgIpc) is 2.98. The molecular formula is C17H26BFN2O2. The van der Waals surface area contributed by atoms with E-state index in [4.69, 9.17) is 9.31 Å². The zero-order valence-corrected chi connectivity index (χ0v) is 15.1. The van der Waals surface area contributed by atoms with Gasteiger partial charge in [0.05, 0.1) is 23.9 Å². The van der Waals surface area contributed by atoms with E-state index in [2.05, 4.69) is 11.2 Å². The first-order chi connectivity index (χ1) is 10.5. The Bertz CT molecular complexity index is 627. The average molecular weight is 320 g/mol. The molecule has 0 radical (unpaired) electrons. The Morgan fingerprint density at radius 1 is 1.22 bits per heavy atom. The van der Waals surface area contributed by atoms with Crippen molar-refractivity contribution in [1.29, 1.82) is 0 Å². The van der Waals surface area contributed by atoms with Crippen LogP contribution >= 0.6 is 0 Å². The molecular weight excluding hydrogens is 294 g/mol. The number of allylic oxidation sites excluding steroid dienone is 3. The van der Waals surface area contributed by atoms with Gasteiger partial charge < -0.3 is 9.31 Å². The van der Waals surface area contributed by atoms with E-state index < -0.39 is 24.0 Å². The first-order valence-corrected chi connectivity index (χ1v) is 7.91. The molecule has 0 amide bonds. The zero-order valence-electron chi connectivity index (χ0n) is 15.1. The van der Waals surface area contributed by atoms with E-state index in [9.17, 15) is 4.39 Å². The van der Waals surface area contributed by atoms with Crippen molar-refractivity contribution in [1.82, 2.24) is 9.78 Å². The molecule has 0 spiro atoms. The van der Waals surface area contributed by atoms with Crippen LogP contribution in [-0.2, 0) is 15.9 Å². The lowest BCUT2D eigenvalue weighted by atomic mass is 9.84. The summed E-state index contributed by atoms with van der Waals surface area (Å²) in [4.78, 5) is 0. The number of aromatic nitrogens is 2. The Hall–Kier alpha value is -1.40. The largest absolute Gasteiger partial charge is 0.525 e. The predicted octanol–water partition coefficient (Wildman–Crippen LogP) is 4.18. The Balaban J connectivity index is 2.20. The van der Waals surface area contributed by atoms with Crippen LogP contribution in [0.3, 0.4) is 0 Å². The molecule has 23 heavy (non-hydrogen) atoms. The standard InChI is InChI=1S/C17H26BFN2O2/c1-12(2)8-9-21-11-14(10-20-21)13(3)15(19)18-22-16(4,5)17(6,7)23-18/h8,10-11H,9H2,1-7H3. The van der Waals surface area contributed by atoms with Gasteiger partial charge in [0, 0.05) is 11.8 Å². The SMILES string of the molecule is CC(C)=CCn1cc(C(C)=C(F)B2OC(C)(C)C(C)(C)O2)cn1. The zero-order chi connectivity index (χ0) is 17.4. The fourth-order valence-corrected chi connectivity index (χ4v) is 2.19. The molecule has 126 valence electrons. The summed E-state index contributed by atoms with van der Waals surface area (Å²) in [5, 5.41) is 4.27. The summed E-state index contributed by atoms with van der Waals surface area (Å²) >= 11 is 0. The van der Waals surface area contributed by atoms with Gasteiger partial charge in [-0.05, 0) is 54.0 Å². The maximum absolute atomic E-state index is 14.8. The van der Waals surface area contributed by atoms with Gasteiger partial charge in [-0.15, -0.1) is 0 Å². The predicted molar refractivity (Wildman–Crippen MR) is 91.4 cm³/mol. The minimum absolute atomic E-state index is 0.398. The number of halogens is 1. The molecule has 1 fully saturated rings. The van der Waals surface area contributed by atoms with Gasteiger partial charge in [-0.3, -0.25) is 4.68 Å². The summed E-state index contributed by atoms with van der Waals surface area (Å²) < 4.78 is 28.1. The van der Waals surface area contributed by atoms with E-state index in [-0.39, 0.29) is 0 Å². The van der Waals surface area contributed by atoms with Crippen molar-refractivity contribution in [3.8, 4) is 0 Å². The second kappa shape index (κ2) is 6.25. The minimum Gasteiger partial charge on any atom is -0.398 e. The minimum atomic E-state index is -0.971. The molecule has 1 aliphatic heterocycles. The molecule has 2 heterocycles. The Morgan fingerprint density at radius 3 is 2.30 bits per heavy atom. The van der Waals surface area contributed by atoms with E-state index in [1.165, 1.54) is 5.57 Å². The number of hydrogen-bond donors (Lipinski definition) is 0. The maximum Gasteiger partial charge on any atom is 0.525 e. The van der Waals surface area contributed by atoms with E-state index in [0.29, 0.717) is 12.1 Å². The highest BCUT2D eigenvalue weighted by molar-refractivity contribution is 6.55. The third-order valence-corrected chi connectivity index (χ3v) is 4.57. The first kappa shape index (κ1) is 18.0. The van der Waals surface area contributed by atoms with Crippen molar-refractivity contribution >= 4 is 12.7 Å². The lowest BCUT2D eigenvalue weighted by Crippen LogP contribution is -2.41. The van der Waals surface area contributed by atoms with Crippen LogP contribution in [0.2, 0.25) is 0 Å². The monoisotopic (exact) mass is 320 g/mol. The van der Waals surface area contributed by atoms with E-state index in [1.807, 2.05) is 47.7 Å². The number of hydrogen-bond acceptors (Lipinski definition) is 3. The molecule has 0 N–H and O–H groups in total. The Labute approximate surface area is 138 Å². The van der Waals surface area contributed by atoms with Crippen LogP contribution in [0.1, 0.15) is 54.0 Å². The molecule has 6 heteroatoms. The van der Waals surface area contributed by atoms with Crippen molar-refractivity contribution in [2.24, 2.45) is 0 Å². The summed E-state index contributed by atoms with van der Waals surface area (Å²) in [5.41, 5.74) is 0.945. The van der Waals surface area contributed by atoms with Crippen molar-refractivity contribution in [3.63, 3.8) is 0 Å². The van der Waals surface area contributed by atoms with Crippen molar-refractivity contribution in [2.45, 2.75) is 66.2 Å². The Morgan fingerprint density at radius 2 is 1.78 bits per heavy atom. The summed E-state index contributed by atoms with van der Waals surface area (Å²) in [5.74, 6) is 0. The highest BCUT2D eigenvalue weighted by Crippen LogP contribution is 2.40.